The van der Waals surface area contributed by atoms with E-state index < -0.39 is 0 Å². The number of aryl methyl sites for hydroxylation is 1. The fraction of sp³-hybridized carbons (Fsp3) is 0.0588. The molecule has 0 aliphatic rings. The molecular formula is C17H13N3S. The van der Waals surface area contributed by atoms with Crippen molar-refractivity contribution < 1.29 is 0 Å². The van der Waals surface area contributed by atoms with E-state index in [-0.39, 0.29) is 0 Å². The molecule has 0 atom stereocenters. The Kier molecular flexibility index (Phi) is 3.67. The first kappa shape index (κ1) is 13.3. The minimum Gasteiger partial charge on any atom is -0.346 e. The lowest BCUT2D eigenvalue weighted by Crippen LogP contribution is -1.88. The van der Waals surface area contributed by atoms with Gasteiger partial charge in [0.2, 0.25) is 0 Å². The van der Waals surface area contributed by atoms with Gasteiger partial charge in [0.05, 0.1) is 17.3 Å². The fourth-order valence-electron chi connectivity index (χ4n) is 1.98. The molecule has 0 amide bonds. The second-order valence-corrected chi connectivity index (χ2v) is 5.61. The molecule has 21 heavy (non-hydrogen) atoms. The average molecular weight is 291 g/mol. The van der Waals surface area contributed by atoms with Gasteiger partial charge in [0.15, 0.2) is 0 Å². The van der Waals surface area contributed by atoms with Crippen LogP contribution < -0.4 is 5.32 Å². The van der Waals surface area contributed by atoms with Gasteiger partial charge >= 0.3 is 0 Å². The number of rotatable bonds is 3. The largest absolute Gasteiger partial charge is 0.346 e. The molecule has 102 valence electrons. The van der Waals surface area contributed by atoms with Gasteiger partial charge in [0, 0.05) is 11.3 Å². The predicted molar refractivity (Wildman–Crippen MR) is 86.7 cm³/mol. The Morgan fingerprint density at radius 2 is 1.76 bits per heavy atom. The Morgan fingerprint density at radius 3 is 2.43 bits per heavy atom. The summed E-state index contributed by atoms with van der Waals surface area (Å²) in [5, 5.41) is 14.2. The van der Waals surface area contributed by atoms with Gasteiger partial charge < -0.3 is 5.32 Å². The van der Waals surface area contributed by atoms with Crippen molar-refractivity contribution in [1.29, 1.82) is 5.26 Å². The molecule has 0 bridgehead atoms. The number of nitrogens with one attached hydrogen (secondary N) is 1. The van der Waals surface area contributed by atoms with Crippen LogP contribution in [0.25, 0.3) is 10.6 Å². The lowest BCUT2D eigenvalue weighted by Gasteiger charge is -2.02. The number of para-hydroxylation sites is 1. The first-order valence-electron chi connectivity index (χ1n) is 6.56. The number of hydrogen-bond acceptors (Lipinski definition) is 4. The summed E-state index contributed by atoms with van der Waals surface area (Å²) < 4.78 is 0. The van der Waals surface area contributed by atoms with Gasteiger partial charge in [0.1, 0.15) is 10.0 Å². The van der Waals surface area contributed by atoms with Crippen LogP contribution >= 0.6 is 11.3 Å². The van der Waals surface area contributed by atoms with Gasteiger partial charge in [-0.1, -0.05) is 41.7 Å². The van der Waals surface area contributed by atoms with E-state index in [1.165, 1.54) is 0 Å². The summed E-state index contributed by atoms with van der Waals surface area (Å²) in [5.41, 5.74) is 3.72. The Hall–Kier alpha value is -2.64. The summed E-state index contributed by atoms with van der Waals surface area (Å²) in [6.45, 7) is 1.99. The zero-order chi connectivity index (χ0) is 14.7. The maximum atomic E-state index is 8.84. The maximum absolute atomic E-state index is 8.84. The summed E-state index contributed by atoms with van der Waals surface area (Å²) in [7, 11) is 0. The summed E-state index contributed by atoms with van der Waals surface area (Å²) in [6, 6.07) is 19.7. The first-order chi connectivity index (χ1) is 10.3. The van der Waals surface area contributed by atoms with Crippen molar-refractivity contribution in [3.05, 3.63) is 65.9 Å². The Morgan fingerprint density at radius 1 is 1.05 bits per heavy atom. The van der Waals surface area contributed by atoms with Crippen molar-refractivity contribution in [3.8, 4) is 16.6 Å². The van der Waals surface area contributed by atoms with Crippen LogP contribution in [0.5, 0.6) is 0 Å². The molecule has 0 saturated heterocycles. The highest BCUT2D eigenvalue weighted by Crippen LogP contribution is 2.33. The molecule has 3 nitrogen and oxygen atoms in total. The van der Waals surface area contributed by atoms with E-state index in [2.05, 4.69) is 16.4 Å². The lowest BCUT2D eigenvalue weighted by molar-refractivity contribution is 1.26. The molecule has 1 N–H and O–H groups in total. The van der Waals surface area contributed by atoms with Crippen LogP contribution in [0.4, 0.5) is 10.7 Å². The number of nitriles is 1. The van der Waals surface area contributed by atoms with Crippen LogP contribution in [0.2, 0.25) is 0 Å². The fourth-order valence-corrected chi connectivity index (χ4v) is 2.97. The number of hydrogen-bond donors (Lipinski definition) is 1. The SMILES string of the molecule is Cc1nc(-c2ccc(C#N)cc2)sc1Nc1ccccc1. The molecule has 4 heteroatoms. The zero-order valence-corrected chi connectivity index (χ0v) is 12.3. The normalized spacial score (nSPS) is 10.1. The molecule has 2 aromatic carbocycles. The molecule has 0 spiro atoms. The Balaban J connectivity index is 1.88. The van der Waals surface area contributed by atoms with Crippen LogP contribution in [0.1, 0.15) is 11.3 Å². The van der Waals surface area contributed by atoms with Crippen molar-refractivity contribution in [2.75, 3.05) is 5.32 Å². The minimum absolute atomic E-state index is 0.662. The van der Waals surface area contributed by atoms with E-state index in [0.717, 1.165) is 27.0 Å². The van der Waals surface area contributed by atoms with Crippen LogP contribution in [-0.2, 0) is 0 Å². The van der Waals surface area contributed by atoms with Crippen molar-refractivity contribution in [1.82, 2.24) is 4.98 Å². The van der Waals surface area contributed by atoms with Gasteiger partial charge in [-0.3, -0.25) is 0 Å². The molecule has 0 saturated carbocycles. The average Bonchev–Trinajstić information content (AvgIpc) is 2.89. The van der Waals surface area contributed by atoms with E-state index in [0.29, 0.717) is 5.56 Å². The lowest BCUT2D eigenvalue weighted by atomic mass is 10.1. The van der Waals surface area contributed by atoms with Crippen molar-refractivity contribution in [2.24, 2.45) is 0 Å². The maximum Gasteiger partial charge on any atom is 0.125 e. The number of benzene rings is 2. The molecule has 0 aliphatic heterocycles. The standard InChI is InChI=1S/C17H13N3S/c1-12-16(20-15-5-3-2-4-6-15)21-17(19-12)14-9-7-13(11-18)8-10-14/h2-10,20H,1H3. The first-order valence-corrected chi connectivity index (χ1v) is 7.38. The molecule has 0 fully saturated rings. The molecule has 0 unspecified atom stereocenters. The molecule has 0 radical (unpaired) electrons. The van der Waals surface area contributed by atoms with Crippen LogP contribution in [0.3, 0.4) is 0 Å². The van der Waals surface area contributed by atoms with Crippen molar-refractivity contribution in [3.63, 3.8) is 0 Å². The van der Waals surface area contributed by atoms with Crippen molar-refractivity contribution >= 4 is 22.0 Å². The van der Waals surface area contributed by atoms with Gasteiger partial charge in [-0.25, -0.2) is 4.98 Å². The van der Waals surface area contributed by atoms with Crippen LogP contribution in [0.15, 0.2) is 54.6 Å². The molecule has 3 rings (SSSR count). The van der Waals surface area contributed by atoms with E-state index >= 15 is 0 Å². The van der Waals surface area contributed by atoms with Crippen LogP contribution in [-0.4, -0.2) is 4.98 Å². The third kappa shape index (κ3) is 2.93. The van der Waals surface area contributed by atoms with Gasteiger partial charge in [0.25, 0.3) is 0 Å². The van der Waals surface area contributed by atoms with E-state index in [1.54, 1.807) is 11.3 Å². The quantitative estimate of drug-likeness (QED) is 0.758. The second kappa shape index (κ2) is 5.78. The number of nitrogens with zero attached hydrogens (tertiary/aromatic N) is 2. The highest BCUT2D eigenvalue weighted by Gasteiger charge is 2.09. The predicted octanol–water partition coefficient (Wildman–Crippen LogP) is 4.73. The smallest absolute Gasteiger partial charge is 0.125 e. The monoisotopic (exact) mass is 291 g/mol. The van der Waals surface area contributed by atoms with Crippen LogP contribution in [0, 0.1) is 18.3 Å². The summed E-state index contributed by atoms with van der Waals surface area (Å²) >= 11 is 1.62. The topological polar surface area (TPSA) is 48.7 Å². The van der Waals surface area contributed by atoms with Crippen molar-refractivity contribution in [2.45, 2.75) is 6.92 Å². The third-order valence-electron chi connectivity index (χ3n) is 3.09. The zero-order valence-electron chi connectivity index (χ0n) is 11.5. The number of thiazole rings is 1. The third-order valence-corrected chi connectivity index (χ3v) is 4.21. The summed E-state index contributed by atoms with van der Waals surface area (Å²) in [6.07, 6.45) is 0. The van der Waals surface area contributed by atoms with Gasteiger partial charge in [-0.15, -0.1) is 0 Å². The number of aromatic nitrogens is 1. The molecule has 0 aliphatic carbocycles. The minimum atomic E-state index is 0.662. The molecule has 1 heterocycles. The van der Waals surface area contributed by atoms with E-state index in [1.807, 2.05) is 61.5 Å². The number of anilines is 2. The van der Waals surface area contributed by atoms with Gasteiger partial charge in [-0.05, 0) is 31.2 Å². The molecular weight excluding hydrogens is 278 g/mol. The summed E-state index contributed by atoms with van der Waals surface area (Å²) in [5.74, 6) is 0. The highest BCUT2D eigenvalue weighted by molar-refractivity contribution is 7.19. The summed E-state index contributed by atoms with van der Waals surface area (Å²) in [4.78, 5) is 4.61. The molecule has 3 aromatic rings. The Labute approximate surface area is 127 Å². The van der Waals surface area contributed by atoms with Gasteiger partial charge in [-0.2, -0.15) is 5.26 Å². The Bertz CT molecular complexity index is 783. The highest BCUT2D eigenvalue weighted by atomic mass is 32.1. The van der Waals surface area contributed by atoms with E-state index in [9.17, 15) is 0 Å². The molecule has 1 aromatic heterocycles. The second-order valence-electron chi connectivity index (χ2n) is 4.61. The van der Waals surface area contributed by atoms with E-state index in [4.69, 9.17) is 5.26 Å².